The summed E-state index contributed by atoms with van der Waals surface area (Å²) in [5.41, 5.74) is -0.118. The Morgan fingerprint density at radius 2 is 2.09 bits per heavy atom. The zero-order valence-corrected chi connectivity index (χ0v) is 12.7. The number of hydrogen-bond donors (Lipinski definition) is 1. The highest BCUT2D eigenvalue weighted by atomic mass is 79.9. The molecule has 0 spiro atoms. The molecule has 0 saturated heterocycles. The van der Waals surface area contributed by atoms with Crippen molar-refractivity contribution < 1.29 is 18.8 Å². The van der Waals surface area contributed by atoms with Gasteiger partial charge in [0, 0.05) is 10.5 Å². The topological polar surface area (TPSA) is 81.5 Å². The molecule has 0 saturated carbocycles. The Labute approximate surface area is 133 Å². The van der Waals surface area contributed by atoms with Crippen LogP contribution < -0.4 is 10.1 Å². The Morgan fingerprint density at radius 3 is 2.77 bits per heavy atom. The summed E-state index contributed by atoms with van der Waals surface area (Å²) in [7, 11) is 0. The minimum atomic E-state index is -0.585. The van der Waals surface area contributed by atoms with Crippen molar-refractivity contribution in [2.75, 3.05) is 11.9 Å². The largest absolute Gasteiger partial charge is 0.484 e. The highest BCUT2D eigenvalue weighted by Gasteiger charge is 2.10. The summed E-state index contributed by atoms with van der Waals surface area (Å²) >= 11 is 3.11. The fourth-order valence-electron chi connectivity index (χ4n) is 1.61. The van der Waals surface area contributed by atoms with Crippen molar-refractivity contribution in [1.82, 2.24) is 0 Å². The molecule has 0 aliphatic rings. The first-order valence-electron chi connectivity index (χ1n) is 6.08. The van der Waals surface area contributed by atoms with Crippen molar-refractivity contribution in [1.29, 1.82) is 0 Å². The molecule has 0 aliphatic carbocycles. The van der Waals surface area contributed by atoms with Crippen molar-refractivity contribution in [2.24, 2.45) is 0 Å². The molecule has 0 aromatic heterocycles. The highest BCUT2D eigenvalue weighted by Crippen LogP contribution is 2.20. The molecule has 0 aliphatic heterocycles. The number of hydrogen-bond acceptors (Lipinski definition) is 4. The Morgan fingerprint density at radius 1 is 1.32 bits per heavy atom. The van der Waals surface area contributed by atoms with Crippen LogP contribution in [-0.4, -0.2) is 17.4 Å². The van der Waals surface area contributed by atoms with Gasteiger partial charge in [0.05, 0.1) is 16.7 Å². The second-order valence-corrected chi connectivity index (χ2v) is 5.13. The average Bonchev–Trinajstić information content (AvgIpc) is 2.48. The van der Waals surface area contributed by atoms with Gasteiger partial charge < -0.3 is 10.1 Å². The SMILES string of the molecule is O=C(COc1cccc([N+](=O)[O-])c1)Nc1ccc(Br)cc1F. The lowest BCUT2D eigenvalue weighted by atomic mass is 10.3. The van der Waals surface area contributed by atoms with E-state index in [1.807, 2.05) is 0 Å². The molecule has 0 bridgehead atoms. The van der Waals surface area contributed by atoms with Crippen LogP contribution in [0.1, 0.15) is 0 Å². The molecule has 0 radical (unpaired) electrons. The van der Waals surface area contributed by atoms with Crippen LogP contribution in [0.5, 0.6) is 5.75 Å². The normalized spacial score (nSPS) is 10.1. The standard InChI is InChI=1S/C14H10BrFN2O4/c15-9-4-5-13(12(16)6-9)17-14(19)8-22-11-3-1-2-10(7-11)18(20)21/h1-7H,8H2,(H,17,19). The molecule has 1 N–H and O–H groups in total. The van der Waals surface area contributed by atoms with Crippen LogP contribution in [0.2, 0.25) is 0 Å². The molecule has 0 heterocycles. The molecular weight excluding hydrogens is 359 g/mol. The first-order valence-corrected chi connectivity index (χ1v) is 6.87. The maximum atomic E-state index is 13.6. The highest BCUT2D eigenvalue weighted by molar-refractivity contribution is 9.10. The molecule has 6 nitrogen and oxygen atoms in total. The van der Waals surface area contributed by atoms with Crippen LogP contribution in [0, 0.1) is 15.9 Å². The molecule has 8 heteroatoms. The smallest absolute Gasteiger partial charge is 0.273 e. The summed E-state index contributed by atoms with van der Waals surface area (Å²) in [6.45, 7) is -0.392. The number of carbonyl (C=O) groups excluding carboxylic acids is 1. The number of benzene rings is 2. The van der Waals surface area contributed by atoms with Crippen molar-refractivity contribution in [2.45, 2.75) is 0 Å². The van der Waals surface area contributed by atoms with Gasteiger partial charge in [0.15, 0.2) is 6.61 Å². The lowest BCUT2D eigenvalue weighted by Gasteiger charge is -2.08. The van der Waals surface area contributed by atoms with Gasteiger partial charge in [-0.3, -0.25) is 14.9 Å². The third-order valence-electron chi connectivity index (χ3n) is 2.60. The van der Waals surface area contributed by atoms with Gasteiger partial charge in [0.1, 0.15) is 11.6 Å². The molecule has 22 heavy (non-hydrogen) atoms. The Kier molecular flexibility index (Phi) is 5.05. The van der Waals surface area contributed by atoms with E-state index in [9.17, 15) is 19.3 Å². The van der Waals surface area contributed by atoms with E-state index in [4.69, 9.17) is 4.74 Å². The zero-order valence-electron chi connectivity index (χ0n) is 11.1. The number of carbonyl (C=O) groups is 1. The van der Waals surface area contributed by atoms with Crippen molar-refractivity contribution in [3.8, 4) is 5.75 Å². The van der Waals surface area contributed by atoms with E-state index in [0.717, 1.165) is 0 Å². The Hall–Kier alpha value is -2.48. The lowest BCUT2D eigenvalue weighted by Crippen LogP contribution is -2.20. The van der Waals surface area contributed by atoms with Gasteiger partial charge in [-0.25, -0.2) is 4.39 Å². The third kappa shape index (κ3) is 4.26. The van der Waals surface area contributed by atoms with E-state index in [-0.39, 0.29) is 17.1 Å². The Balaban J connectivity index is 1.95. The third-order valence-corrected chi connectivity index (χ3v) is 3.10. The zero-order chi connectivity index (χ0) is 16.1. The number of ether oxygens (including phenoxy) is 1. The number of anilines is 1. The minimum Gasteiger partial charge on any atom is -0.484 e. The van der Waals surface area contributed by atoms with Gasteiger partial charge in [-0.2, -0.15) is 0 Å². The number of halogens is 2. The first kappa shape index (κ1) is 15.9. The molecule has 2 rings (SSSR count). The van der Waals surface area contributed by atoms with Crippen LogP contribution in [0.25, 0.3) is 0 Å². The average molecular weight is 369 g/mol. The van der Waals surface area contributed by atoms with Gasteiger partial charge in [-0.1, -0.05) is 22.0 Å². The van der Waals surface area contributed by atoms with Gasteiger partial charge in [0.25, 0.3) is 11.6 Å². The van der Waals surface area contributed by atoms with Crippen LogP contribution >= 0.6 is 15.9 Å². The summed E-state index contributed by atoms with van der Waals surface area (Å²) < 4.78 is 19.3. The van der Waals surface area contributed by atoms with E-state index >= 15 is 0 Å². The van der Waals surface area contributed by atoms with Crippen molar-refractivity contribution in [3.05, 3.63) is 62.9 Å². The number of non-ortho nitro benzene ring substituents is 1. The van der Waals surface area contributed by atoms with E-state index in [2.05, 4.69) is 21.2 Å². The van der Waals surface area contributed by atoms with Gasteiger partial charge in [-0.05, 0) is 24.3 Å². The molecular formula is C14H10BrFN2O4. The number of nitrogens with one attached hydrogen (secondary N) is 1. The van der Waals surface area contributed by atoms with Crippen LogP contribution in [-0.2, 0) is 4.79 Å². The molecule has 0 atom stereocenters. The van der Waals surface area contributed by atoms with E-state index in [1.54, 1.807) is 6.07 Å². The fraction of sp³-hybridized carbons (Fsp3) is 0.0714. The summed E-state index contributed by atoms with van der Waals surface area (Å²) in [6, 6.07) is 9.65. The van der Waals surface area contributed by atoms with E-state index in [1.165, 1.54) is 36.4 Å². The monoisotopic (exact) mass is 368 g/mol. The second kappa shape index (κ2) is 6.99. The maximum absolute atomic E-state index is 13.6. The van der Waals surface area contributed by atoms with Crippen molar-refractivity contribution >= 4 is 33.2 Å². The number of nitro benzene ring substituents is 1. The molecule has 114 valence electrons. The number of amides is 1. The van der Waals surface area contributed by atoms with Gasteiger partial charge in [0.2, 0.25) is 0 Å². The number of nitro groups is 1. The molecule has 1 amide bonds. The summed E-state index contributed by atoms with van der Waals surface area (Å²) in [4.78, 5) is 21.8. The van der Waals surface area contributed by atoms with Crippen molar-refractivity contribution in [3.63, 3.8) is 0 Å². The van der Waals surface area contributed by atoms with E-state index in [0.29, 0.717) is 4.47 Å². The molecule has 2 aromatic carbocycles. The molecule has 2 aromatic rings. The van der Waals surface area contributed by atoms with Crippen LogP contribution in [0.4, 0.5) is 15.8 Å². The van der Waals surface area contributed by atoms with Crippen LogP contribution in [0.15, 0.2) is 46.9 Å². The van der Waals surface area contributed by atoms with Gasteiger partial charge >= 0.3 is 0 Å². The van der Waals surface area contributed by atoms with Gasteiger partial charge in [-0.15, -0.1) is 0 Å². The summed E-state index contributed by atoms with van der Waals surface area (Å²) in [6.07, 6.45) is 0. The first-order chi connectivity index (χ1) is 10.5. The molecule has 0 fully saturated rings. The molecule has 0 unspecified atom stereocenters. The Bertz CT molecular complexity index is 724. The maximum Gasteiger partial charge on any atom is 0.273 e. The van der Waals surface area contributed by atoms with Crippen LogP contribution in [0.3, 0.4) is 0 Å². The van der Waals surface area contributed by atoms with E-state index < -0.39 is 23.3 Å². The predicted molar refractivity (Wildman–Crippen MR) is 81.3 cm³/mol. The predicted octanol–water partition coefficient (Wildman–Crippen LogP) is 3.51. The second-order valence-electron chi connectivity index (χ2n) is 4.22. The minimum absolute atomic E-state index is 0.0239. The lowest BCUT2D eigenvalue weighted by molar-refractivity contribution is -0.384. The summed E-state index contributed by atoms with van der Waals surface area (Å²) in [5.74, 6) is -0.980. The fourth-order valence-corrected chi connectivity index (χ4v) is 1.95. The summed E-state index contributed by atoms with van der Waals surface area (Å²) in [5, 5.41) is 13.0. The quantitative estimate of drug-likeness (QED) is 0.646. The number of rotatable bonds is 5. The number of nitrogens with zero attached hydrogens (tertiary/aromatic N) is 1.